The maximum Gasteiger partial charge on any atom is 0.190 e. The number of aromatic nitrogens is 1. The third kappa shape index (κ3) is 3.76. The lowest BCUT2D eigenvalue weighted by Crippen LogP contribution is -2.28. The van der Waals surface area contributed by atoms with Crippen LogP contribution in [0.1, 0.15) is 22.3 Å². The summed E-state index contributed by atoms with van der Waals surface area (Å²) in [7, 11) is 0. The Morgan fingerprint density at radius 1 is 0.512 bits per heavy atom. The van der Waals surface area contributed by atoms with Gasteiger partial charge in [-0.15, -0.1) is 0 Å². The lowest BCUT2D eigenvalue weighted by atomic mass is 9.67. The molecule has 0 amide bonds. The van der Waals surface area contributed by atoms with Crippen molar-refractivity contribution in [3.63, 3.8) is 0 Å². The summed E-state index contributed by atoms with van der Waals surface area (Å²) >= 11 is 0. The zero-order valence-corrected chi connectivity index (χ0v) is 23.4. The summed E-state index contributed by atoms with van der Waals surface area (Å²) in [5.41, 5.74) is 11.9. The molecule has 0 radical (unpaired) electrons. The van der Waals surface area contributed by atoms with E-state index in [1.165, 1.54) is 49.7 Å². The molecule has 43 heavy (non-hydrogen) atoms. The first-order chi connectivity index (χ1) is 21.3. The molecule has 0 fully saturated rings. The Morgan fingerprint density at radius 2 is 1.16 bits per heavy atom. The van der Waals surface area contributed by atoms with E-state index >= 15 is 0 Å². The SMILES string of the molecule is [C-]#[N+]c1ccnc(-c2cccc(-c3cc4c(c5ccccc35)-c3ccccc3C4(c3ccccc3)c3ccccc3)c2)c1. The molecular weight excluding hydrogens is 520 g/mol. The van der Waals surface area contributed by atoms with Crippen LogP contribution < -0.4 is 0 Å². The number of hydrogen-bond donors (Lipinski definition) is 0. The predicted octanol–water partition coefficient (Wildman–Crippen LogP) is 10.5. The Balaban J connectivity index is 1.48. The van der Waals surface area contributed by atoms with Gasteiger partial charge >= 0.3 is 0 Å². The minimum atomic E-state index is -0.476. The number of rotatable bonds is 4. The maximum absolute atomic E-state index is 7.47. The maximum atomic E-state index is 7.47. The van der Waals surface area contributed by atoms with Crippen molar-refractivity contribution in [3.05, 3.63) is 192 Å². The third-order valence-electron chi connectivity index (χ3n) is 8.80. The standard InChI is InChI=1S/C41H26N2/c1-42-32-23-24-43-39(26-32)29-14-12-13-28(25-29)36-27-38-40(34-20-9-8-19-33(34)36)35-21-10-11-22-37(35)41(38,30-15-4-2-5-16-30)31-17-6-3-7-18-31/h2-27H. The quantitative estimate of drug-likeness (QED) is 0.201. The van der Waals surface area contributed by atoms with Gasteiger partial charge < -0.3 is 0 Å². The Labute approximate surface area is 251 Å². The van der Waals surface area contributed by atoms with Crippen LogP contribution in [-0.2, 0) is 5.41 Å². The number of pyridine rings is 1. The Hall–Kier alpha value is -5.78. The molecule has 6 aromatic carbocycles. The van der Waals surface area contributed by atoms with E-state index in [0.29, 0.717) is 5.69 Å². The van der Waals surface area contributed by atoms with Gasteiger partial charge in [0.25, 0.3) is 0 Å². The lowest BCUT2D eigenvalue weighted by molar-refractivity contribution is 0.769. The molecule has 0 saturated carbocycles. The summed E-state index contributed by atoms with van der Waals surface area (Å²) in [5, 5.41) is 2.46. The summed E-state index contributed by atoms with van der Waals surface area (Å²) in [4.78, 5) is 8.22. The Bertz CT molecular complexity index is 2150. The highest BCUT2D eigenvalue weighted by molar-refractivity contribution is 6.10. The molecule has 1 aromatic heterocycles. The van der Waals surface area contributed by atoms with Gasteiger partial charge in [-0.05, 0) is 85.1 Å². The number of nitrogens with zero attached hydrogens (tertiary/aromatic N) is 2. The highest BCUT2D eigenvalue weighted by Gasteiger charge is 2.46. The Morgan fingerprint density at radius 3 is 1.91 bits per heavy atom. The average molecular weight is 547 g/mol. The molecule has 0 saturated heterocycles. The van der Waals surface area contributed by atoms with Gasteiger partial charge in [-0.25, -0.2) is 4.85 Å². The first kappa shape index (κ1) is 25.0. The highest BCUT2D eigenvalue weighted by Crippen LogP contribution is 2.58. The first-order valence-electron chi connectivity index (χ1n) is 14.5. The normalized spacial score (nSPS) is 12.8. The van der Waals surface area contributed by atoms with Crippen molar-refractivity contribution in [3.8, 4) is 33.5 Å². The highest BCUT2D eigenvalue weighted by atomic mass is 14.7. The second-order valence-electron chi connectivity index (χ2n) is 11.0. The van der Waals surface area contributed by atoms with Crippen molar-refractivity contribution in [1.82, 2.24) is 4.98 Å². The fourth-order valence-corrected chi connectivity index (χ4v) is 7.03. The zero-order chi connectivity index (χ0) is 28.8. The van der Waals surface area contributed by atoms with Crippen LogP contribution in [-0.4, -0.2) is 4.98 Å². The summed E-state index contributed by atoms with van der Waals surface area (Å²) < 4.78 is 0. The van der Waals surface area contributed by atoms with Gasteiger partial charge in [-0.3, -0.25) is 4.98 Å². The lowest BCUT2D eigenvalue weighted by Gasteiger charge is -2.34. The van der Waals surface area contributed by atoms with Gasteiger partial charge in [-0.2, -0.15) is 0 Å². The molecule has 0 aliphatic heterocycles. The third-order valence-corrected chi connectivity index (χ3v) is 8.80. The van der Waals surface area contributed by atoms with E-state index in [1.807, 2.05) is 6.07 Å². The predicted molar refractivity (Wildman–Crippen MR) is 176 cm³/mol. The number of benzene rings is 6. The van der Waals surface area contributed by atoms with E-state index in [-0.39, 0.29) is 0 Å². The van der Waals surface area contributed by atoms with Gasteiger partial charge in [-0.1, -0.05) is 127 Å². The van der Waals surface area contributed by atoms with Crippen LogP contribution in [0, 0.1) is 6.57 Å². The fraction of sp³-hybridized carbons (Fsp3) is 0.0244. The van der Waals surface area contributed by atoms with E-state index in [1.54, 1.807) is 12.3 Å². The van der Waals surface area contributed by atoms with Gasteiger partial charge in [0.15, 0.2) is 5.69 Å². The molecule has 1 aliphatic carbocycles. The second-order valence-corrected chi connectivity index (χ2v) is 11.0. The molecule has 0 atom stereocenters. The summed E-state index contributed by atoms with van der Waals surface area (Å²) in [6, 6.07) is 54.2. The summed E-state index contributed by atoms with van der Waals surface area (Å²) in [6.45, 7) is 7.47. The van der Waals surface area contributed by atoms with Crippen LogP contribution in [0.3, 0.4) is 0 Å². The average Bonchev–Trinajstić information content (AvgIpc) is 3.40. The van der Waals surface area contributed by atoms with E-state index < -0.39 is 5.41 Å². The monoisotopic (exact) mass is 546 g/mol. The zero-order valence-electron chi connectivity index (χ0n) is 23.4. The number of hydrogen-bond acceptors (Lipinski definition) is 1. The Kier molecular flexibility index (Phi) is 5.77. The van der Waals surface area contributed by atoms with E-state index in [9.17, 15) is 0 Å². The molecule has 2 heteroatoms. The van der Waals surface area contributed by atoms with Crippen LogP contribution in [0.2, 0.25) is 0 Å². The van der Waals surface area contributed by atoms with E-state index in [2.05, 4.69) is 149 Å². The van der Waals surface area contributed by atoms with Crippen molar-refractivity contribution in [2.24, 2.45) is 0 Å². The largest absolute Gasteiger partial charge is 0.259 e. The summed E-state index contributed by atoms with van der Waals surface area (Å²) in [6.07, 6.45) is 1.71. The van der Waals surface area contributed by atoms with Crippen LogP contribution in [0.5, 0.6) is 0 Å². The molecule has 8 rings (SSSR count). The van der Waals surface area contributed by atoms with Crippen LogP contribution in [0.15, 0.2) is 158 Å². The van der Waals surface area contributed by atoms with Crippen molar-refractivity contribution in [2.45, 2.75) is 5.41 Å². The molecule has 2 nitrogen and oxygen atoms in total. The van der Waals surface area contributed by atoms with Crippen molar-refractivity contribution in [1.29, 1.82) is 0 Å². The van der Waals surface area contributed by atoms with Gasteiger partial charge in [0.2, 0.25) is 0 Å². The van der Waals surface area contributed by atoms with Crippen LogP contribution in [0.25, 0.3) is 49.1 Å². The minimum Gasteiger partial charge on any atom is -0.259 e. The van der Waals surface area contributed by atoms with Crippen molar-refractivity contribution >= 4 is 16.5 Å². The molecule has 1 heterocycles. The van der Waals surface area contributed by atoms with Crippen LogP contribution in [0.4, 0.5) is 5.69 Å². The smallest absolute Gasteiger partial charge is 0.190 e. The number of fused-ring (bicyclic) bond motifs is 5. The van der Waals surface area contributed by atoms with E-state index in [4.69, 9.17) is 6.57 Å². The van der Waals surface area contributed by atoms with Gasteiger partial charge in [0, 0.05) is 6.20 Å². The first-order valence-corrected chi connectivity index (χ1v) is 14.5. The molecular formula is C41H26N2. The van der Waals surface area contributed by atoms with Gasteiger partial charge in [0.05, 0.1) is 17.7 Å². The van der Waals surface area contributed by atoms with Crippen LogP contribution >= 0.6 is 0 Å². The van der Waals surface area contributed by atoms with E-state index in [0.717, 1.165) is 16.8 Å². The molecule has 200 valence electrons. The van der Waals surface area contributed by atoms with Crippen molar-refractivity contribution in [2.75, 3.05) is 0 Å². The fourth-order valence-electron chi connectivity index (χ4n) is 7.03. The van der Waals surface area contributed by atoms with Crippen molar-refractivity contribution < 1.29 is 0 Å². The topological polar surface area (TPSA) is 17.2 Å². The minimum absolute atomic E-state index is 0.476. The molecule has 0 unspecified atom stereocenters. The summed E-state index contributed by atoms with van der Waals surface area (Å²) in [5.74, 6) is 0. The molecule has 7 aromatic rings. The molecule has 0 bridgehead atoms. The second kappa shape index (κ2) is 9.94. The molecule has 0 N–H and O–H groups in total. The molecule has 1 aliphatic rings. The molecule has 0 spiro atoms. The van der Waals surface area contributed by atoms with Gasteiger partial charge in [0.1, 0.15) is 0 Å².